The lowest BCUT2D eigenvalue weighted by Gasteiger charge is -2.18. The van der Waals surface area contributed by atoms with Crippen LogP contribution < -0.4 is 5.43 Å². The molecule has 1 N–H and O–H groups in total. The van der Waals surface area contributed by atoms with Crippen LogP contribution in [0.2, 0.25) is 0 Å². The molecule has 2 rings (SSSR count). The Balaban J connectivity index is 2.06. The first-order chi connectivity index (χ1) is 8.16. The fraction of sp³-hybridized carbons (Fsp3) is 0.167. The number of carbonyl (C=O) groups is 1. The van der Waals surface area contributed by atoms with Crippen LogP contribution >= 0.6 is 11.3 Å². The van der Waals surface area contributed by atoms with Crippen molar-refractivity contribution in [2.45, 2.75) is 6.92 Å². The van der Waals surface area contributed by atoms with Gasteiger partial charge in [0.1, 0.15) is 0 Å². The van der Waals surface area contributed by atoms with Crippen molar-refractivity contribution in [3.05, 3.63) is 46.4 Å². The first kappa shape index (κ1) is 11.6. The topological polar surface area (TPSA) is 45.2 Å². The zero-order valence-corrected chi connectivity index (χ0v) is 10.5. The summed E-state index contributed by atoms with van der Waals surface area (Å²) in [5.41, 5.74) is 3.77. The summed E-state index contributed by atoms with van der Waals surface area (Å²) < 4.78 is 0. The molecular formula is C12H13N3OS. The Morgan fingerprint density at radius 1 is 1.41 bits per heavy atom. The van der Waals surface area contributed by atoms with Gasteiger partial charge in [0.15, 0.2) is 0 Å². The van der Waals surface area contributed by atoms with Gasteiger partial charge in [-0.3, -0.25) is 20.2 Å². The molecule has 0 atom stereocenters. The third kappa shape index (κ3) is 2.82. The number of nitrogens with one attached hydrogen (secondary N) is 1. The minimum atomic E-state index is -0.0491. The number of rotatable bonds is 3. The average molecular weight is 247 g/mol. The minimum Gasteiger partial charge on any atom is -0.294 e. The van der Waals surface area contributed by atoms with Crippen molar-refractivity contribution in [1.82, 2.24) is 9.99 Å². The number of thiophene rings is 1. The van der Waals surface area contributed by atoms with Crippen LogP contribution in [0.5, 0.6) is 0 Å². The largest absolute Gasteiger partial charge is 0.294 e. The van der Waals surface area contributed by atoms with Gasteiger partial charge in [-0.2, -0.15) is 0 Å². The van der Waals surface area contributed by atoms with Gasteiger partial charge >= 0.3 is 0 Å². The molecule has 2 heterocycles. The van der Waals surface area contributed by atoms with E-state index in [-0.39, 0.29) is 5.91 Å². The zero-order valence-electron chi connectivity index (χ0n) is 9.68. The minimum absolute atomic E-state index is 0.0491. The van der Waals surface area contributed by atoms with Crippen LogP contribution in [0.15, 0.2) is 36.7 Å². The molecule has 0 aliphatic carbocycles. The standard InChI is InChI=1S/C12H13N3OS/c1-9-5-6-11(17-9)12(16)15(2)14-10-4-3-7-13-8-10/h3-8,14H,1-2H3. The summed E-state index contributed by atoms with van der Waals surface area (Å²) in [5, 5.41) is 1.46. The van der Waals surface area contributed by atoms with E-state index in [1.165, 1.54) is 16.3 Å². The highest BCUT2D eigenvalue weighted by Crippen LogP contribution is 2.17. The molecule has 0 fully saturated rings. The molecule has 0 saturated heterocycles. The summed E-state index contributed by atoms with van der Waals surface area (Å²) in [5.74, 6) is -0.0491. The molecule has 0 aliphatic rings. The molecule has 2 aromatic heterocycles. The first-order valence-electron chi connectivity index (χ1n) is 5.18. The highest BCUT2D eigenvalue weighted by atomic mass is 32.1. The molecular weight excluding hydrogens is 234 g/mol. The Kier molecular flexibility index (Phi) is 3.39. The third-order valence-corrected chi connectivity index (χ3v) is 3.20. The number of anilines is 1. The zero-order chi connectivity index (χ0) is 12.3. The molecule has 5 heteroatoms. The summed E-state index contributed by atoms with van der Waals surface area (Å²) in [4.78, 5) is 17.8. The van der Waals surface area contributed by atoms with Gasteiger partial charge < -0.3 is 0 Å². The lowest BCUT2D eigenvalue weighted by Crippen LogP contribution is -2.31. The maximum Gasteiger partial charge on any atom is 0.281 e. The van der Waals surface area contributed by atoms with Crippen LogP contribution in [0.1, 0.15) is 14.5 Å². The van der Waals surface area contributed by atoms with E-state index in [1.807, 2.05) is 31.2 Å². The lowest BCUT2D eigenvalue weighted by molar-refractivity contribution is 0.0830. The SMILES string of the molecule is Cc1ccc(C(=O)N(C)Nc2cccnc2)s1. The van der Waals surface area contributed by atoms with Gasteiger partial charge in [-0.15, -0.1) is 11.3 Å². The molecule has 88 valence electrons. The number of hydrazine groups is 1. The second kappa shape index (κ2) is 4.97. The predicted molar refractivity (Wildman–Crippen MR) is 69.0 cm³/mol. The van der Waals surface area contributed by atoms with Crippen molar-refractivity contribution in [2.75, 3.05) is 12.5 Å². The second-order valence-corrected chi connectivity index (χ2v) is 4.92. The van der Waals surface area contributed by atoms with E-state index < -0.39 is 0 Å². The molecule has 4 nitrogen and oxygen atoms in total. The number of carbonyl (C=O) groups excluding carboxylic acids is 1. The number of hydrogen-bond donors (Lipinski definition) is 1. The summed E-state index contributed by atoms with van der Waals surface area (Å²) in [6.45, 7) is 1.98. The van der Waals surface area contributed by atoms with E-state index in [0.29, 0.717) is 0 Å². The normalized spacial score (nSPS) is 10.0. The van der Waals surface area contributed by atoms with Crippen molar-refractivity contribution >= 4 is 22.9 Å². The summed E-state index contributed by atoms with van der Waals surface area (Å²) >= 11 is 1.49. The molecule has 0 radical (unpaired) electrons. The van der Waals surface area contributed by atoms with Crippen LogP contribution in [-0.2, 0) is 0 Å². The molecule has 17 heavy (non-hydrogen) atoms. The van der Waals surface area contributed by atoms with Crippen molar-refractivity contribution in [3.63, 3.8) is 0 Å². The Hall–Kier alpha value is -1.88. The Labute approximate surface area is 104 Å². The van der Waals surface area contributed by atoms with Gasteiger partial charge in [-0.1, -0.05) is 0 Å². The molecule has 0 bridgehead atoms. The molecule has 0 saturated carbocycles. The van der Waals surface area contributed by atoms with Crippen LogP contribution in [0.3, 0.4) is 0 Å². The van der Waals surface area contributed by atoms with Crippen molar-refractivity contribution in [3.8, 4) is 0 Å². The van der Waals surface area contributed by atoms with Crippen molar-refractivity contribution in [2.24, 2.45) is 0 Å². The van der Waals surface area contributed by atoms with Crippen LogP contribution in [0, 0.1) is 6.92 Å². The van der Waals surface area contributed by atoms with Crippen molar-refractivity contribution < 1.29 is 4.79 Å². The van der Waals surface area contributed by atoms with Crippen molar-refractivity contribution in [1.29, 1.82) is 0 Å². The molecule has 0 spiro atoms. The van der Waals surface area contributed by atoms with Gasteiger partial charge in [0, 0.05) is 18.1 Å². The van der Waals surface area contributed by atoms with Gasteiger partial charge in [-0.05, 0) is 31.2 Å². The highest BCUT2D eigenvalue weighted by Gasteiger charge is 2.13. The highest BCUT2D eigenvalue weighted by molar-refractivity contribution is 7.13. The molecule has 0 aromatic carbocycles. The van der Waals surface area contributed by atoms with Gasteiger partial charge in [0.2, 0.25) is 0 Å². The number of pyridine rings is 1. The fourth-order valence-corrected chi connectivity index (χ4v) is 2.23. The van der Waals surface area contributed by atoms with Crippen LogP contribution in [-0.4, -0.2) is 22.9 Å². The van der Waals surface area contributed by atoms with Crippen LogP contribution in [0.4, 0.5) is 5.69 Å². The third-order valence-electron chi connectivity index (χ3n) is 2.21. The van der Waals surface area contributed by atoms with E-state index in [0.717, 1.165) is 15.4 Å². The fourth-order valence-electron chi connectivity index (χ4n) is 1.39. The van der Waals surface area contributed by atoms with Gasteiger partial charge in [-0.25, -0.2) is 0 Å². The lowest BCUT2D eigenvalue weighted by atomic mass is 10.4. The Morgan fingerprint density at radius 3 is 2.82 bits per heavy atom. The predicted octanol–water partition coefficient (Wildman–Crippen LogP) is 2.55. The van der Waals surface area contributed by atoms with E-state index >= 15 is 0 Å². The molecule has 2 aromatic rings. The Morgan fingerprint density at radius 2 is 2.24 bits per heavy atom. The molecule has 0 aliphatic heterocycles. The smallest absolute Gasteiger partial charge is 0.281 e. The quantitative estimate of drug-likeness (QED) is 0.848. The maximum absolute atomic E-state index is 12.0. The average Bonchev–Trinajstić information content (AvgIpc) is 2.76. The van der Waals surface area contributed by atoms with Gasteiger partial charge in [0.25, 0.3) is 5.91 Å². The second-order valence-electron chi connectivity index (χ2n) is 3.63. The number of aryl methyl sites for hydroxylation is 1. The number of aromatic nitrogens is 1. The Bertz CT molecular complexity index is 509. The maximum atomic E-state index is 12.0. The summed E-state index contributed by atoms with van der Waals surface area (Å²) in [6.07, 6.45) is 3.36. The van der Waals surface area contributed by atoms with E-state index in [4.69, 9.17) is 0 Å². The van der Waals surface area contributed by atoms with Gasteiger partial charge in [0.05, 0.1) is 16.8 Å². The van der Waals surface area contributed by atoms with E-state index in [9.17, 15) is 4.79 Å². The summed E-state index contributed by atoms with van der Waals surface area (Å²) in [6, 6.07) is 7.45. The van der Waals surface area contributed by atoms with E-state index in [1.54, 1.807) is 19.4 Å². The molecule has 0 unspecified atom stereocenters. The first-order valence-corrected chi connectivity index (χ1v) is 5.99. The number of hydrogen-bond acceptors (Lipinski definition) is 4. The van der Waals surface area contributed by atoms with E-state index in [2.05, 4.69) is 10.4 Å². The molecule has 1 amide bonds. The monoisotopic (exact) mass is 247 g/mol. The number of nitrogens with zero attached hydrogens (tertiary/aromatic N) is 2. The van der Waals surface area contributed by atoms with Crippen LogP contribution in [0.25, 0.3) is 0 Å². The summed E-state index contributed by atoms with van der Waals surface area (Å²) in [7, 11) is 1.70. The number of amides is 1.